The largest absolute Gasteiger partial charge is 0.294 e. The minimum absolute atomic E-state index is 0.164. The number of hydrogen-bond donors (Lipinski definition) is 0. The van der Waals surface area contributed by atoms with E-state index in [1.165, 1.54) is 0 Å². The number of benzene rings is 2. The van der Waals surface area contributed by atoms with Gasteiger partial charge in [-0.15, -0.1) is 0 Å². The van der Waals surface area contributed by atoms with E-state index in [2.05, 4.69) is 28.8 Å². The molecule has 3 heterocycles. The molecule has 0 aliphatic heterocycles. The number of carbonyl (C=O) groups excluding carboxylic acids is 1. The van der Waals surface area contributed by atoms with Crippen molar-refractivity contribution in [2.45, 2.75) is 19.8 Å². The minimum atomic E-state index is -0.187. The van der Waals surface area contributed by atoms with Crippen LogP contribution >= 0.6 is 0 Å². The lowest BCUT2D eigenvalue weighted by atomic mass is 10.0. The molecule has 0 unspecified atom stereocenters. The van der Waals surface area contributed by atoms with Crippen molar-refractivity contribution in [3.05, 3.63) is 126 Å². The van der Waals surface area contributed by atoms with Gasteiger partial charge >= 0.3 is 0 Å². The first-order chi connectivity index (χ1) is 16.6. The van der Waals surface area contributed by atoms with Gasteiger partial charge in [-0.05, 0) is 18.1 Å². The molecule has 0 amide bonds. The molecule has 0 radical (unpaired) electrons. The summed E-state index contributed by atoms with van der Waals surface area (Å²) < 4.78 is 1.80. The highest BCUT2D eigenvalue weighted by Gasteiger charge is 2.21. The Bertz CT molecular complexity index is 1450. The van der Waals surface area contributed by atoms with E-state index in [0.29, 0.717) is 17.2 Å². The standard InChI is InChI=1S/C28H23N5O/c1-19(2)25-23-18-29-15-16-33(23)28(32-25)27(34)22-13-14-30-24(17-22)31-26(20-9-5-3-6-10-20)21-11-7-4-8-12-21/h3-19H,1-2H3. The average molecular weight is 446 g/mol. The molecule has 0 fully saturated rings. The molecule has 166 valence electrons. The van der Waals surface area contributed by atoms with Crippen LogP contribution in [0.1, 0.15) is 52.8 Å². The van der Waals surface area contributed by atoms with Crippen molar-refractivity contribution in [3.8, 4) is 0 Å². The van der Waals surface area contributed by atoms with Crippen molar-refractivity contribution in [1.29, 1.82) is 0 Å². The van der Waals surface area contributed by atoms with Gasteiger partial charge < -0.3 is 0 Å². The van der Waals surface area contributed by atoms with E-state index < -0.39 is 0 Å². The normalized spacial score (nSPS) is 11.0. The molecule has 0 saturated carbocycles. The quantitative estimate of drug-likeness (QED) is 0.250. The van der Waals surface area contributed by atoms with Crippen LogP contribution in [0, 0.1) is 0 Å². The fourth-order valence-electron chi connectivity index (χ4n) is 3.90. The van der Waals surface area contributed by atoms with Gasteiger partial charge in [-0.1, -0.05) is 74.5 Å². The maximum atomic E-state index is 13.5. The molecule has 5 aromatic rings. The van der Waals surface area contributed by atoms with E-state index in [1.807, 2.05) is 60.7 Å². The van der Waals surface area contributed by atoms with Crippen LogP contribution < -0.4 is 0 Å². The number of pyridine rings is 1. The first-order valence-electron chi connectivity index (χ1n) is 11.1. The lowest BCUT2D eigenvalue weighted by molar-refractivity contribution is 0.102. The Labute approximate surface area is 197 Å². The maximum Gasteiger partial charge on any atom is 0.229 e. The molecule has 0 N–H and O–H groups in total. The third-order valence-electron chi connectivity index (χ3n) is 5.55. The second-order valence-corrected chi connectivity index (χ2v) is 8.23. The first kappa shape index (κ1) is 21.4. The number of aliphatic imine (C=N–C) groups is 1. The van der Waals surface area contributed by atoms with Crippen LogP contribution in [0.15, 0.2) is 103 Å². The topological polar surface area (TPSA) is 72.5 Å². The number of rotatable bonds is 6. The summed E-state index contributed by atoms with van der Waals surface area (Å²) in [5.41, 5.74) is 4.90. The van der Waals surface area contributed by atoms with Crippen molar-refractivity contribution in [2.75, 3.05) is 0 Å². The van der Waals surface area contributed by atoms with Crippen LogP contribution in [-0.4, -0.2) is 30.8 Å². The number of ketones is 1. The van der Waals surface area contributed by atoms with Gasteiger partial charge in [-0.2, -0.15) is 0 Å². The SMILES string of the molecule is CC(C)c1nc(C(=O)c2ccnc(N=C(c3ccccc3)c3ccccc3)c2)n2ccncc12. The summed E-state index contributed by atoms with van der Waals surface area (Å²) in [7, 11) is 0. The van der Waals surface area contributed by atoms with Crippen molar-refractivity contribution >= 4 is 22.8 Å². The van der Waals surface area contributed by atoms with E-state index in [0.717, 1.165) is 28.0 Å². The number of nitrogens with zero attached hydrogens (tertiary/aromatic N) is 5. The van der Waals surface area contributed by atoms with Crippen molar-refractivity contribution < 1.29 is 4.79 Å². The Morgan fingerprint density at radius 3 is 2.21 bits per heavy atom. The fourth-order valence-corrected chi connectivity index (χ4v) is 3.90. The Morgan fingerprint density at radius 2 is 1.56 bits per heavy atom. The Hall–Kier alpha value is -4.45. The maximum absolute atomic E-state index is 13.5. The van der Waals surface area contributed by atoms with Crippen LogP contribution in [0.5, 0.6) is 0 Å². The van der Waals surface area contributed by atoms with Crippen molar-refractivity contribution in [2.24, 2.45) is 4.99 Å². The zero-order valence-corrected chi connectivity index (χ0v) is 19.0. The highest BCUT2D eigenvalue weighted by molar-refractivity contribution is 6.14. The van der Waals surface area contributed by atoms with E-state index in [1.54, 1.807) is 41.3 Å². The average Bonchev–Trinajstić information content (AvgIpc) is 3.28. The van der Waals surface area contributed by atoms with Crippen molar-refractivity contribution in [3.63, 3.8) is 0 Å². The summed E-state index contributed by atoms with van der Waals surface area (Å²) in [4.78, 5) is 31.6. The van der Waals surface area contributed by atoms with Gasteiger partial charge in [-0.3, -0.25) is 14.2 Å². The number of aromatic nitrogens is 4. The van der Waals surface area contributed by atoms with Gasteiger partial charge in [0, 0.05) is 35.3 Å². The van der Waals surface area contributed by atoms with Crippen LogP contribution in [-0.2, 0) is 0 Å². The predicted molar refractivity (Wildman–Crippen MR) is 133 cm³/mol. The van der Waals surface area contributed by atoms with Gasteiger partial charge in [0.1, 0.15) is 0 Å². The molecular formula is C28H23N5O. The zero-order chi connectivity index (χ0) is 23.5. The number of fused-ring (bicyclic) bond motifs is 1. The molecule has 2 aromatic carbocycles. The smallest absolute Gasteiger partial charge is 0.229 e. The van der Waals surface area contributed by atoms with E-state index >= 15 is 0 Å². The molecule has 3 aromatic heterocycles. The summed E-state index contributed by atoms with van der Waals surface area (Å²) in [5.74, 6) is 0.791. The molecule has 6 heteroatoms. The zero-order valence-electron chi connectivity index (χ0n) is 19.0. The van der Waals surface area contributed by atoms with E-state index in [4.69, 9.17) is 4.99 Å². The van der Waals surface area contributed by atoms with Gasteiger partial charge in [0.2, 0.25) is 5.78 Å². The highest BCUT2D eigenvalue weighted by Crippen LogP contribution is 2.23. The highest BCUT2D eigenvalue weighted by atomic mass is 16.1. The molecule has 0 bridgehead atoms. The number of imidazole rings is 1. The van der Waals surface area contributed by atoms with Gasteiger partial charge in [0.05, 0.1) is 23.1 Å². The lowest BCUT2D eigenvalue weighted by Crippen LogP contribution is -2.07. The molecule has 0 aliphatic carbocycles. The fraction of sp³-hybridized carbons (Fsp3) is 0.107. The second-order valence-electron chi connectivity index (χ2n) is 8.23. The van der Waals surface area contributed by atoms with Gasteiger partial charge in [0.15, 0.2) is 11.6 Å². The monoisotopic (exact) mass is 445 g/mol. The third-order valence-corrected chi connectivity index (χ3v) is 5.55. The summed E-state index contributed by atoms with van der Waals surface area (Å²) >= 11 is 0. The molecule has 0 aliphatic rings. The minimum Gasteiger partial charge on any atom is -0.294 e. The molecule has 0 saturated heterocycles. The molecule has 0 spiro atoms. The van der Waals surface area contributed by atoms with Crippen LogP contribution in [0.4, 0.5) is 5.82 Å². The number of hydrogen-bond acceptors (Lipinski definition) is 5. The second kappa shape index (κ2) is 9.19. The number of carbonyl (C=O) groups is 1. The summed E-state index contributed by atoms with van der Waals surface area (Å²) in [6.07, 6.45) is 6.78. The molecule has 5 rings (SSSR count). The van der Waals surface area contributed by atoms with Crippen molar-refractivity contribution in [1.82, 2.24) is 19.4 Å². The Morgan fingerprint density at radius 1 is 0.882 bits per heavy atom. The van der Waals surface area contributed by atoms with Gasteiger partial charge in [0.25, 0.3) is 0 Å². The van der Waals surface area contributed by atoms with E-state index in [9.17, 15) is 4.79 Å². The van der Waals surface area contributed by atoms with Crippen LogP contribution in [0.25, 0.3) is 5.52 Å². The first-order valence-corrected chi connectivity index (χ1v) is 11.1. The molecular weight excluding hydrogens is 422 g/mol. The summed E-state index contributed by atoms with van der Waals surface area (Å²) in [6, 6.07) is 23.3. The van der Waals surface area contributed by atoms with E-state index in [-0.39, 0.29) is 11.7 Å². The molecule has 6 nitrogen and oxygen atoms in total. The van der Waals surface area contributed by atoms with Crippen LogP contribution in [0.2, 0.25) is 0 Å². The van der Waals surface area contributed by atoms with Gasteiger partial charge in [-0.25, -0.2) is 15.0 Å². The lowest BCUT2D eigenvalue weighted by Gasteiger charge is -2.08. The predicted octanol–water partition coefficient (Wildman–Crippen LogP) is 5.65. The summed E-state index contributed by atoms with van der Waals surface area (Å²) in [5, 5.41) is 0. The van der Waals surface area contributed by atoms with Crippen LogP contribution in [0.3, 0.4) is 0 Å². The Kier molecular flexibility index (Phi) is 5.79. The third kappa shape index (κ3) is 4.13. The molecule has 34 heavy (non-hydrogen) atoms. The molecule has 0 atom stereocenters. The Balaban J connectivity index is 1.58. The summed E-state index contributed by atoms with van der Waals surface area (Å²) in [6.45, 7) is 4.11.